The Labute approximate surface area is 357 Å². The van der Waals surface area contributed by atoms with Gasteiger partial charge in [-0.2, -0.15) is 5.26 Å². The summed E-state index contributed by atoms with van der Waals surface area (Å²) in [6.07, 6.45) is 6.51. The van der Waals surface area contributed by atoms with E-state index in [0.29, 0.717) is 95.4 Å². The molecule has 7 aliphatic heterocycles. The highest BCUT2D eigenvalue weighted by molar-refractivity contribution is 6.67. The Morgan fingerprint density at radius 1 is 1.03 bits per heavy atom. The molecular weight excluding hydrogens is 775 g/mol. The molecule has 1 saturated carbocycles. The first-order valence-corrected chi connectivity index (χ1v) is 21.9. The van der Waals surface area contributed by atoms with Crippen LogP contribution < -0.4 is 15.1 Å². The van der Waals surface area contributed by atoms with E-state index in [4.69, 9.17) is 23.7 Å². The quantitative estimate of drug-likeness (QED) is 0.143. The first kappa shape index (κ1) is 40.4. The van der Waals surface area contributed by atoms with E-state index < -0.39 is 57.2 Å². The van der Waals surface area contributed by atoms with E-state index in [1.165, 1.54) is 21.1 Å². The van der Waals surface area contributed by atoms with Gasteiger partial charge in [-0.05, 0) is 85.9 Å². The number of benzene rings is 2. The summed E-state index contributed by atoms with van der Waals surface area (Å²) in [5.74, 6) is -1.13. The lowest BCUT2D eigenvalue weighted by atomic mass is 9.48. The van der Waals surface area contributed by atoms with Crippen molar-refractivity contribution < 1.29 is 43.2 Å². The molecule has 320 valence electrons. The molecule has 0 aromatic heterocycles. The molecule has 10 rings (SSSR count). The Hall–Kier alpha value is -4.68. The highest BCUT2D eigenvalue weighted by Gasteiger charge is 2.98. The molecule has 1 unspecified atom stereocenters. The van der Waals surface area contributed by atoms with E-state index in [1.807, 2.05) is 43.1 Å². The number of nitrogens with zero attached hydrogens (tertiary/aromatic N) is 4. The number of nitriles is 1. The summed E-state index contributed by atoms with van der Waals surface area (Å²) in [6.45, 7) is 8.77. The van der Waals surface area contributed by atoms with Gasteiger partial charge in [0.2, 0.25) is 0 Å². The SMILES string of the molecule is CC[C@]1(O)C[C@H]2CN(CCC3=C(Bc4ccc(C#N)cc43)[C@@](C(=O)OC)(c3cc4c(cc3OC)N(C)[C@@]35O[C@]3(C(=O)OC)[C@H](OC(C)=O)[C@]3(CC)C=CCN6CC[C@]45[C@@H]63)C2)C1. The van der Waals surface area contributed by atoms with Crippen molar-refractivity contribution in [1.82, 2.24) is 9.80 Å². The molecule has 7 heterocycles. The Bertz CT molecular complexity index is 2400. The van der Waals surface area contributed by atoms with Gasteiger partial charge in [0.05, 0.1) is 44.0 Å². The van der Waals surface area contributed by atoms with Gasteiger partial charge in [-0.15, -0.1) is 0 Å². The van der Waals surface area contributed by atoms with Gasteiger partial charge in [0.25, 0.3) is 5.60 Å². The molecule has 8 aliphatic rings. The molecule has 1 N–H and O–H groups in total. The Morgan fingerprint density at radius 2 is 1.82 bits per heavy atom. The second-order valence-electron chi connectivity index (χ2n) is 18.9. The molecule has 2 spiro atoms. The fourth-order valence-electron chi connectivity index (χ4n) is 14.4. The van der Waals surface area contributed by atoms with Crippen LogP contribution >= 0.6 is 0 Å². The molecule has 0 amide bonds. The van der Waals surface area contributed by atoms with Crippen molar-refractivity contribution in [3.05, 3.63) is 70.2 Å². The molecule has 2 bridgehead atoms. The summed E-state index contributed by atoms with van der Waals surface area (Å²) in [6, 6.07) is 12.0. The summed E-state index contributed by atoms with van der Waals surface area (Å²) in [5, 5.41) is 22.1. The van der Waals surface area contributed by atoms with Gasteiger partial charge in [-0.25, -0.2) is 4.79 Å². The van der Waals surface area contributed by atoms with Crippen LogP contribution in [0.25, 0.3) is 5.57 Å². The average molecular weight is 831 g/mol. The second-order valence-corrected chi connectivity index (χ2v) is 18.9. The molecule has 3 saturated heterocycles. The predicted molar refractivity (Wildman–Crippen MR) is 227 cm³/mol. The number of methoxy groups -OCH3 is 3. The maximum absolute atomic E-state index is 15.5. The van der Waals surface area contributed by atoms with Crippen LogP contribution in [0.15, 0.2) is 48.0 Å². The van der Waals surface area contributed by atoms with Crippen molar-refractivity contribution in [2.24, 2.45) is 11.3 Å². The lowest BCUT2D eigenvalue weighted by molar-refractivity contribution is -0.178. The molecule has 14 heteroatoms. The summed E-state index contributed by atoms with van der Waals surface area (Å²) in [7, 11) is 6.82. The monoisotopic (exact) mass is 830 g/mol. The Kier molecular flexibility index (Phi) is 8.88. The summed E-state index contributed by atoms with van der Waals surface area (Å²) in [5.41, 5.74) is -0.0830. The van der Waals surface area contributed by atoms with Gasteiger partial charge < -0.3 is 33.7 Å². The molecule has 61 heavy (non-hydrogen) atoms. The first-order valence-electron chi connectivity index (χ1n) is 21.9. The van der Waals surface area contributed by atoms with E-state index in [9.17, 15) is 20.0 Å². The van der Waals surface area contributed by atoms with Crippen LogP contribution in [0.3, 0.4) is 0 Å². The maximum atomic E-state index is 15.5. The zero-order valence-corrected chi connectivity index (χ0v) is 36.3. The minimum absolute atomic E-state index is 0.0933. The van der Waals surface area contributed by atoms with Crippen molar-refractivity contribution >= 4 is 41.9 Å². The fourth-order valence-corrected chi connectivity index (χ4v) is 14.4. The second kappa shape index (κ2) is 13.4. The van der Waals surface area contributed by atoms with Gasteiger partial charge in [0.1, 0.15) is 11.2 Å². The minimum atomic E-state index is -1.67. The van der Waals surface area contributed by atoms with E-state index in [0.717, 1.165) is 33.3 Å². The lowest BCUT2D eigenvalue weighted by Gasteiger charge is -2.58. The molecule has 4 fully saturated rings. The third-order valence-corrected chi connectivity index (χ3v) is 16.6. The number of hydrogen-bond acceptors (Lipinski definition) is 13. The first-order chi connectivity index (χ1) is 29.2. The lowest BCUT2D eigenvalue weighted by Crippen LogP contribution is -2.75. The van der Waals surface area contributed by atoms with Crippen LogP contribution in [0.5, 0.6) is 5.75 Å². The van der Waals surface area contributed by atoms with E-state index in [2.05, 4.69) is 41.0 Å². The third-order valence-electron chi connectivity index (χ3n) is 16.6. The van der Waals surface area contributed by atoms with Crippen LogP contribution in [0.1, 0.15) is 81.5 Å². The van der Waals surface area contributed by atoms with E-state index in [1.54, 1.807) is 7.11 Å². The predicted octanol–water partition coefficient (Wildman–Crippen LogP) is 3.03. The largest absolute Gasteiger partial charge is 0.496 e. The van der Waals surface area contributed by atoms with E-state index >= 15 is 4.79 Å². The number of epoxide rings is 1. The number of esters is 3. The van der Waals surface area contributed by atoms with Crippen molar-refractivity contribution in [1.29, 1.82) is 5.26 Å². The van der Waals surface area contributed by atoms with Crippen molar-refractivity contribution in [3.63, 3.8) is 0 Å². The standard InChI is InChI=1S/C47H55BN4O9/c1-8-42(56)22-29-23-44(40(54)58-6,37-30(13-17-51(25-29)26-42)31-19-28(24-49)11-12-34(31)48-37)33-20-32-35(21-36(33)57-5)50(4)47-45(32)15-18-52-16-10-14-43(9-2,38(45)52)39(60-27(3)53)46(47,61-47)41(55)59-7/h10-12,14,19-21,29,38-39,48,56H,8-9,13,15-18,22-23,25-26H2,1-7H3/t29-,38+,39-,42+,43-,44+,45-,46+,47+/m1/s1. The topological polar surface area (TPSA) is 154 Å². The third kappa shape index (κ3) is 4.78. The molecule has 13 nitrogen and oxygen atoms in total. The number of likely N-dealkylation sites (N-methyl/N-ethyl adjacent to an activating group) is 1. The molecular formula is C47H55BN4O9. The van der Waals surface area contributed by atoms with Crippen LogP contribution in [0.4, 0.5) is 5.69 Å². The zero-order valence-electron chi connectivity index (χ0n) is 36.3. The molecule has 2 aromatic rings. The van der Waals surface area contributed by atoms with Crippen molar-refractivity contribution in [3.8, 4) is 11.8 Å². The normalized spacial score (nSPS) is 38.4. The van der Waals surface area contributed by atoms with Crippen LogP contribution in [0.2, 0.25) is 0 Å². The number of piperidine rings is 1. The van der Waals surface area contributed by atoms with Crippen molar-refractivity contribution in [2.75, 3.05) is 66.0 Å². The van der Waals surface area contributed by atoms with Crippen molar-refractivity contribution in [2.45, 2.75) is 99.2 Å². The molecule has 2 aromatic carbocycles. The van der Waals surface area contributed by atoms with Gasteiger partial charge in [0.15, 0.2) is 19.1 Å². The Morgan fingerprint density at radius 3 is 2.51 bits per heavy atom. The van der Waals surface area contributed by atoms with Gasteiger partial charge >= 0.3 is 17.9 Å². The van der Waals surface area contributed by atoms with Gasteiger partial charge in [-0.1, -0.05) is 43.0 Å². The van der Waals surface area contributed by atoms with Crippen LogP contribution in [0, 0.1) is 22.7 Å². The molecule has 10 atom stereocenters. The number of fused-ring (bicyclic) bond motifs is 5. The molecule has 1 aliphatic carbocycles. The molecule has 0 radical (unpaired) electrons. The zero-order chi connectivity index (χ0) is 43.1. The number of carbonyl (C=O) groups is 3. The number of carbonyl (C=O) groups excluding carboxylic acids is 3. The number of ether oxygens (including phenoxy) is 5. The summed E-state index contributed by atoms with van der Waals surface area (Å²) >= 11 is 0. The van der Waals surface area contributed by atoms with Gasteiger partial charge in [-0.3, -0.25) is 19.4 Å². The van der Waals surface area contributed by atoms with E-state index in [-0.39, 0.29) is 12.0 Å². The minimum Gasteiger partial charge on any atom is -0.496 e. The fraction of sp³-hybridized carbons (Fsp3) is 0.574. The number of hydrogen-bond donors (Lipinski definition) is 1. The highest BCUT2D eigenvalue weighted by atomic mass is 16.7. The number of aliphatic hydroxyl groups is 1. The average Bonchev–Trinajstić information content (AvgIpc) is 3.51. The maximum Gasteiger partial charge on any atom is 0.347 e. The van der Waals surface area contributed by atoms with Crippen LogP contribution in [-0.4, -0.2) is 130 Å². The Balaban J connectivity index is 1.27. The van der Waals surface area contributed by atoms with Gasteiger partial charge in [0, 0.05) is 68.9 Å². The number of anilines is 1. The highest BCUT2D eigenvalue weighted by Crippen LogP contribution is 2.80. The van der Waals surface area contributed by atoms with Crippen LogP contribution in [-0.2, 0) is 44.2 Å². The number of rotatable bonds is 7. The smallest absolute Gasteiger partial charge is 0.347 e. The summed E-state index contributed by atoms with van der Waals surface area (Å²) < 4.78 is 31.5. The summed E-state index contributed by atoms with van der Waals surface area (Å²) in [4.78, 5) is 50.0.